The van der Waals surface area contributed by atoms with Crippen molar-refractivity contribution in [3.8, 4) is 0 Å². The fourth-order valence-electron chi connectivity index (χ4n) is 1.96. The van der Waals surface area contributed by atoms with Crippen LogP contribution in [-0.4, -0.2) is 6.54 Å². The van der Waals surface area contributed by atoms with E-state index in [9.17, 15) is 0 Å². The maximum atomic E-state index is 3.44. The molecular weight excluding hydrogens is 182 g/mol. The molecule has 1 aliphatic heterocycles. The first-order valence-corrected chi connectivity index (χ1v) is 5.28. The number of hydrogen-bond donors (Lipinski definition) is 0. The van der Waals surface area contributed by atoms with Crippen molar-refractivity contribution in [1.82, 2.24) is 0 Å². The SMILES string of the molecule is [c]1c(N2C=CCC2)ccc2ccccc12. The molecule has 0 amide bonds. The molecule has 1 heterocycles. The molecule has 0 saturated heterocycles. The maximum Gasteiger partial charge on any atom is 0.0493 e. The average Bonchev–Trinajstić information content (AvgIpc) is 2.82. The molecule has 0 spiro atoms. The van der Waals surface area contributed by atoms with Crippen molar-refractivity contribution in [2.24, 2.45) is 0 Å². The molecule has 0 aliphatic carbocycles. The van der Waals surface area contributed by atoms with Gasteiger partial charge in [0.15, 0.2) is 0 Å². The van der Waals surface area contributed by atoms with Gasteiger partial charge in [-0.3, -0.25) is 0 Å². The van der Waals surface area contributed by atoms with Crippen LogP contribution < -0.4 is 4.90 Å². The van der Waals surface area contributed by atoms with Crippen LogP contribution in [0.25, 0.3) is 10.8 Å². The van der Waals surface area contributed by atoms with Gasteiger partial charge in [0.2, 0.25) is 0 Å². The lowest BCUT2D eigenvalue weighted by Crippen LogP contribution is -2.11. The minimum absolute atomic E-state index is 1.08. The summed E-state index contributed by atoms with van der Waals surface area (Å²) >= 11 is 0. The first kappa shape index (κ1) is 8.54. The molecule has 0 saturated carbocycles. The summed E-state index contributed by atoms with van der Waals surface area (Å²) in [6, 6.07) is 16.1. The molecule has 0 atom stereocenters. The molecule has 73 valence electrons. The number of rotatable bonds is 1. The summed E-state index contributed by atoms with van der Waals surface area (Å²) in [7, 11) is 0. The zero-order valence-corrected chi connectivity index (χ0v) is 8.48. The Kier molecular flexibility index (Phi) is 1.95. The van der Waals surface area contributed by atoms with Gasteiger partial charge in [-0.2, -0.15) is 0 Å². The van der Waals surface area contributed by atoms with Gasteiger partial charge in [-0.25, -0.2) is 0 Å². The molecular formula is C14H12N. The van der Waals surface area contributed by atoms with Crippen molar-refractivity contribution >= 4 is 16.5 Å². The molecule has 1 heteroatoms. The number of anilines is 1. The van der Waals surface area contributed by atoms with E-state index in [2.05, 4.69) is 59.6 Å². The molecule has 0 aromatic heterocycles. The number of fused-ring (bicyclic) bond motifs is 1. The lowest BCUT2D eigenvalue weighted by Gasteiger charge is -2.15. The van der Waals surface area contributed by atoms with E-state index < -0.39 is 0 Å². The van der Waals surface area contributed by atoms with Gasteiger partial charge in [0.25, 0.3) is 0 Å². The first-order chi connectivity index (χ1) is 7.43. The van der Waals surface area contributed by atoms with Crippen molar-refractivity contribution < 1.29 is 0 Å². The molecule has 1 aliphatic rings. The van der Waals surface area contributed by atoms with Gasteiger partial charge in [0, 0.05) is 24.5 Å². The van der Waals surface area contributed by atoms with Crippen molar-refractivity contribution in [2.45, 2.75) is 6.42 Å². The minimum atomic E-state index is 1.08. The molecule has 15 heavy (non-hydrogen) atoms. The van der Waals surface area contributed by atoms with E-state index >= 15 is 0 Å². The van der Waals surface area contributed by atoms with E-state index in [4.69, 9.17) is 0 Å². The van der Waals surface area contributed by atoms with Crippen molar-refractivity contribution in [3.05, 3.63) is 54.7 Å². The Hall–Kier alpha value is -1.76. The zero-order valence-electron chi connectivity index (χ0n) is 8.48. The van der Waals surface area contributed by atoms with Crippen LogP contribution in [0.4, 0.5) is 5.69 Å². The van der Waals surface area contributed by atoms with Crippen LogP contribution in [0.5, 0.6) is 0 Å². The quantitative estimate of drug-likeness (QED) is 0.672. The van der Waals surface area contributed by atoms with Crippen molar-refractivity contribution in [1.29, 1.82) is 0 Å². The molecule has 0 N–H and O–H groups in total. The second-order valence-electron chi connectivity index (χ2n) is 3.80. The second kappa shape index (κ2) is 3.43. The van der Waals surface area contributed by atoms with E-state index in [1.807, 2.05) is 0 Å². The lowest BCUT2D eigenvalue weighted by atomic mass is 10.1. The third-order valence-corrected chi connectivity index (χ3v) is 2.78. The zero-order chi connectivity index (χ0) is 10.1. The van der Waals surface area contributed by atoms with Gasteiger partial charge in [0.1, 0.15) is 0 Å². The predicted octanol–water partition coefficient (Wildman–Crippen LogP) is 3.36. The molecule has 3 rings (SSSR count). The Balaban J connectivity index is 2.09. The maximum absolute atomic E-state index is 3.44. The molecule has 2 aromatic carbocycles. The number of hydrogen-bond acceptors (Lipinski definition) is 1. The molecule has 0 unspecified atom stereocenters. The van der Waals surface area contributed by atoms with E-state index in [0.29, 0.717) is 0 Å². The first-order valence-electron chi connectivity index (χ1n) is 5.28. The highest BCUT2D eigenvalue weighted by atomic mass is 15.1. The Morgan fingerprint density at radius 3 is 2.87 bits per heavy atom. The van der Waals surface area contributed by atoms with Crippen LogP contribution in [0, 0.1) is 6.07 Å². The average molecular weight is 194 g/mol. The highest BCUT2D eigenvalue weighted by molar-refractivity contribution is 5.85. The van der Waals surface area contributed by atoms with Gasteiger partial charge in [-0.05, 0) is 23.3 Å². The monoisotopic (exact) mass is 194 g/mol. The van der Waals surface area contributed by atoms with E-state index in [1.54, 1.807) is 0 Å². The largest absolute Gasteiger partial charge is 0.347 e. The summed E-state index contributed by atoms with van der Waals surface area (Å²) in [4.78, 5) is 2.24. The third kappa shape index (κ3) is 1.50. The number of benzene rings is 2. The minimum Gasteiger partial charge on any atom is -0.347 e. The summed E-state index contributed by atoms with van der Waals surface area (Å²) in [5, 5.41) is 2.44. The van der Waals surface area contributed by atoms with Gasteiger partial charge in [-0.15, -0.1) is 0 Å². The number of nitrogens with zero attached hydrogens (tertiary/aromatic N) is 1. The molecule has 2 aromatic rings. The fourth-order valence-corrected chi connectivity index (χ4v) is 1.96. The molecule has 1 nitrogen and oxygen atoms in total. The summed E-state index contributed by atoms with van der Waals surface area (Å²) in [5.41, 5.74) is 1.17. The van der Waals surface area contributed by atoms with Gasteiger partial charge in [0.05, 0.1) is 0 Å². The topological polar surface area (TPSA) is 3.24 Å². The van der Waals surface area contributed by atoms with Crippen LogP contribution in [0.3, 0.4) is 0 Å². The van der Waals surface area contributed by atoms with Gasteiger partial charge >= 0.3 is 0 Å². The van der Waals surface area contributed by atoms with Crippen LogP contribution in [0.2, 0.25) is 0 Å². The molecule has 1 radical (unpaired) electrons. The summed E-state index contributed by atoms with van der Waals surface area (Å²) in [6.45, 7) is 1.08. The third-order valence-electron chi connectivity index (χ3n) is 2.78. The summed E-state index contributed by atoms with van der Waals surface area (Å²) in [6.07, 6.45) is 5.48. The normalized spacial score (nSPS) is 15.1. The van der Waals surface area contributed by atoms with E-state index in [-0.39, 0.29) is 0 Å². The van der Waals surface area contributed by atoms with Crippen molar-refractivity contribution in [3.63, 3.8) is 0 Å². The Morgan fingerprint density at radius 1 is 1.07 bits per heavy atom. The van der Waals surface area contributed by atoms with E-state index in [0.717, 1.165) is 13.0 Å². The predicted molar refractivity (Wildman–Crippen MR) is 63.9 cm³/mol. The van der Waals surface area contributed by atoms with Crippen molar-refractivity contribution in [2.75, 3.05) is 11.4 Å². The molecule has 0 bridgehead atoms. The summed E-state index contributed by atoms with van der Waals surface area (Å²) < 4.78 is 0. The smallest absolute Gasteiger partial charge is 0.0493 e. The van der Waals surface area contributed by atoms with Crippen LogP contribution in [-0.2, 0) is 0 Å². The van der Waals surface area contributed by atoms with Gasteiger partial charge < -0.3 is 4.90 Å². The summed E-state index contributed by atoms with van der Waals surface area (Å²) in [5.74, 6) is 0. The Bertz CT molecular complexity index is 513. The highest BCUT2D eigenvalue weighted by Crippen LogP contribution is 2.23. The van der Waals surface area contributed by atoms with E-state index in [1.165, 1.54) is 16.5 Å². The second-order valence-corrected chi connectivity index (χ2v) is 3.80. The Labute approximate surface area is 89.6 Å². The fraction of sp³-hybridized carbons (Fsp3) is 0.143. The highest BCUT2D eigenvalue weighted by Gasteiger charge is 2.07. The molecule has 0 fully saturated rings. The van der Waals surface area contributed by atoms with Crippen LogP contribution in [0.15, 0.2) is 48.7 Å². The van der Waals surface area contributed by atoms with Gasteiger partial charge in [-0.1, -0.05) is 36.4 Å². The van der Waals surface area contributed by atoms with Crippen LogP contribution >= 0.6 is 0 Å². The Morgan fingerprint density at radius 2 is 2.00 bits per heavy atom. The van der Waals surface area contributed by atoms with Crippen LogP contribution in [0.1, 0.15) is 6.42 Å². The lowest BCUT2D eigenvalue weighted by molar-refractivity contribution is 1.000. The standard InChI is InChI=1S/C14H12N/c1-2-6-13-11-14(8-7-12(13)5-1)15-9-3-4-10-15/h1-3,5-9H,4,10H2.